The molecule has 1 amide bonds. The van der Waals surface area contributed by atoms with Crippen molar-refractivity contribution in [1.29, 1.82) is 0 Å². The minimum Gasteiger partial charge on any atom is -0.493 e. The fourth-order valence-corrected chi connectivity index (χ4v) is 4.07. The van der Waals surface area contributed by atoms with Gasteiger partial charge in [0.2, 0.25) is 0 Å². The first kappa shape index (κ1) is 27.1. The summed E-state index contributed by atoms with van der Waals surface area (Å²) >= 11 is 0. The van der Waals surface area contributed by atoms with Gasteiger partial charge in [0, 0.05) is 18.1 Å². The molecule has 0 aliphatic heterocycles. The van der Waals surface area contributed by atoms with Crippen molar-refractivity contribution in [2.24, 2.45) is 5.92 Å². The Kier molecular flexibility index (Phi) is 8.31. The van der Waals surface area contributed by atoms with E-state index in [9.17, 15) is 32.3 Å². The number of carboxylic acid groups (broad SMARTS) is 1. The zero-order valence-corrected chi connectivity index (χ0v) is 19.8. The number of carbonyl (C=O) groups is 2. The molecule has 0 bridgehead atoms. The van der Waals surface area contributed by atoms with Crippen molar-refractivity contribution in [1.82, 2.24) is 5.32 Å². The van der Waals surface area contributed by atoms with Gasteiger partial charge in [0.05, 0.1) is 13.7 Å². The van der Waals surface area contributed by atoms with E-state index in [2.05, 4.69) is 10.1 Å². The van der Waals surface area contributed by atoms with Gasteiger partial charge in [-0.25, -0.2) is 9.18 Å². The van der Waals surface area contributed by atoms with Crippen LogP contribution in [-0.4, -0.2) is 42.6 Å². The molecule has 11 heteroatoms. The molecular weight excluding hydrogens is 486 g/mol. The Hall–Kier alpha value is -3.50. The topological polar surface area (TPSA) is 94.1 Å². The van der Waals surface area contributed by atoms with Crippen molar-refractivity contribution in [2.75, 3.05) is 13.7 Å². The molecule has 7 nitrogen and oxygen atoms in total. The highest BCUT2D eigenvalue weighted by atomic mass is 19.4. The van der Waals surface area contributed by atoms with Crippen molar-refractivity contribution >= 4 is 11.9 Å². The summed E-state index contributed by atoms with van der Waals surface area (Å²) in [5.41, 5.74) is -1.08. The van der Waals surface area contributed by atoms with Crippen LogP contribution >= 0.6 is 0 Å². The molecule has 0 heterocycles. The second-order valence-corrected chi connectivity index (χ2v) is 8.79. The Balaban J connectivity index is 1.68. The normalized spacial score (nSPS) is 19.9. The monoisotopic (exact) mass is 513 g/mol. The van der Waals surface area contributed by atoms with Gasteiger partial charge in [-0.2, -0.15) is 0 Å². The molecule has 1 aliphatic rings. The number of hydrogen-bond donors (Lipinski definition) is 2. The molecule has 196 valence electrons. The zero-order valence-electron chi connectivity index (χ0n) is 19.8. The van der Waals surface area contributed by atoms with Crippen LogP contribution in [0.5, 0.6) is 17.2 Å². The van der Waals surface area contributed by atoms with E-state index in [1.807, 2.05) is 6.92 Å². The molecule has 0 atom stereocenters. The molecule has 2 aromatic carbocycles. The van der Waals surface area contributed by atoms with Gasteiger partial charge < -0.3 is 24.6 Å². The van der Waals surface area contributed by atoms with Crippen LogP contribution in [0.25, 0.3) is 0 Å². The van der Waals surface area contributed by atoms with E-state index in [-0.39, 0.29) is 29.9 Å². The van der Waals surface area contributed by atoms with Crippen LogP contribution in [0.3, 0.4) is 0 Å². The summed E-state index contributed by atoms with van der Waals surface area (Å²) in [6.07, 6.45) is -2.89. The quantitative estimate of drug-likeness (QED) is 0.453. The SMILES string of the molecule is COc1ccc(C(=O)NC2(C(=O)O)CCC(C)CC2)cc1OCCc1ccc(OC(F)(F)F)cc1F. The van der Waals surface area contributed by atoms with Gasteiger partial charge in [0.15, 0.2) is 11.5 Å². The number of aliphatic carboxylic acids is 1. The van der Waals surface area contributed by atoms with E-state index in [0.29, 0.717) is 43.4 Å². The first-order valence-corrected chi connectivity index (χ1v) is 11.3. The van der Waals surface area contributed by atoms with Crippen LogP contribution in [0, 0.1) is 11.7 Å². The van der Waals surface area contributed by atoms with Gasteiger partial charge in [-0.1, -0.05) is 13.0 Å². The zero-order chi connectivity index (χ0) is 26.5. The molecule has 1 aliphatic carbocycles. The Morgan fingerprint density at radius 1 is 1.11 bits per heavy atom. The molecule has 3 rings (SSSR count). The molecule has 0 aromatic heterocycles. The summed E-state index contributed by atoms with van der Waals surface area (Å²) in [6, 6.07) is 7.16. The Bertz CT molecular complexity index is 1100. The van der Waals surface area contributed by atoms with Gasteiger partial charge in [-0.3, -0.25) is 4.79 Å². The van der Waals surface area contributed by atoms with Crippen LogP contribution in [0.1, 0.15) is 48.5 Å². The Morgan fingerprint density at radius 2 is 1.81 bits per heavy atom. The van der Waals surface area contributed by atoms with E-state index < -0.39 is 35.3 Å². The lowest BCUT2D eigenvalue weighted by Crippen LogP contribution is -2.56. The van der Waals surface area contributed by atoms with E-state index in [1.165, 1.54) is 25.3 Å². The average molecular weight is 513 g/mol. The number of methoxy groups -OCH3 is 1. The van der Waals surface area contributed by atoms with Crippen molar-refractivity contribution in [3.05, 3.63) is 53.3 Å². The number of benzene rings is 2. The fraction of sp³-hybridized carbons (Fsp3) is 0.440. The highest BCUT2D eigenvalue weighted by Crippen LogP contribution is 2.33. The molecule has 0 radical (unpaired) electrons. The first-order chi connectivity index (χ1) is 16.9. The fourth-order valence-electron chi connectivity index (χ4n) is 4.07. The molecule has 0 spiro atoms. The number of ether oxygens (including phenoxy) is 3. The second-order valence-electron chi connectivity index (χ2n) is 8.79. The predicted octanol–water partition coefficient (Wildman–Crippen LogP) is 5.12. The number of hydrogen-bond acceptors (Lipinski definition) is 5. The van der Waals surface area contributed by atoms with Gasteiger partial charge in [0.1, 0.15) is 17.1 Å². The van der Waals surface area contributed by atoms with Crippen LogP contribution < -0.4 is 19.5 Å². The van der Waals surface area contributed by atoms with E-state index in [4.69, 9.17) is 9.47 Å². The highest BCUT2D eigenvalue weighted by molar-refractivity contribution is 5.98. The molecular formula is C25H27F4NO6. The second kappa shape index (κ2) is 11.0. The number of rotatable bonds is 9. The molecule has 0 unspecified atom stereocenters. The lowest BCUT2D eigenvalue weighted by atomic mass is 9.77. The molecule has 1 saturated carbocycles. The van der Waals surface area contributed by atoms with E-state index >= 15 is 0 Å². The van der Waals surface area contributed by atoms with Crippen LogP contribution in [0.15, 0.2) is 36.4 Å². The maximum atomic E-state index is 14.2. The summed E-state index contributed by atoms with van der Waals surface area (Å²) in [5.74, 6) is -2.37. The highest BCUT2D eigenvalue weighted by Gasteiger charge is 2.42. The number of nitrogens with one attached hydrogen (secondary N) is 1. The molecule has 36 heavy (non-hydrogen) atoms. The summed E-state index contributed by atoms with van der Waals surface area (Å²) in [7, 11) is 1.39. The van der Waals surface area contributed by atoms with E-state index in [1.54, 1.807) is 0 Å². The minimum absolute atomic E-state index is 0.0119. The largest absolute Gasteiger partial charge is 0.573 e. The lowest BCUT2D eigenvalue weighted by molar-refractivity contribution is -0.274. The minimum atomic E-state index is -4.93. The number of carbonyl (C=O) groups excluding carboxylic acids is 1. The molecule has 2 aromatic rings. The van der Waals surface area contributed by atoms with Crippen LogP contribution in [-0.2, 0) is 11.2 Å². The van der Waals surface area contributed by atoms with Gasteiger partial charge in [-0.05, 0) is 61.4 Å². The smallest absolute Gasteiger partial charge is 0.493 e. The summed E-state index contributed by atoms with van der Waals surface area (Å²) in [6.45, 7) is 1.96. The van der Waals surface area contributed by atoms with Crippen molar-refractivity contribution in [2.45, 2.75) is 50.9 Å². The summed E-state index contributed by atoms with van der Waals surface area (Å²) < 4.78 is 65.7. The van der Waals surface area contributed by atoms with Gasteiger partial charge >= 0.3 is 12.3 Å². The first-order valence-electron chi connectivity index (χ1n) is 11.3. The van der Waals surface area contributed by atoms with Crippen LogP contribution in [0.2, 0.25) is 0 Å². The summed E-state index contributed by atoms with van der Waals surface area (Å²) in [4.78, 5) is 24.9. The third kappa shape index (κ3) is 6.79. The van der Waals surface area contributed by atoms with Crippen LogP contribution in [0.4, 0.5) is 17.6 Å². The molecule has 2 N–H and O–H groups in total. The maximum absolute atomic E-state index is 14.2. The Morgan fingerprint density at radius 3 is 2.39 bits per heavy atom. The molecule has 0 saturated heterocycles. The third-order valence-electron chi connectivity index (χ3n) is 6.20. The maximum Gasteiger partial charge on any atom is 0.573 e. The van der Waals surface area contributed by atoms with Gasteiger partial charge in [-0.15, -0.1) is 13.2 Å². The van der Waals surface area contributed by atoms with E-state index in [0.717, 1.165) is 12.1 Å². The average Bonchev–Trinajstić information content (AvgIpc) is 2.80. The number of carboxylic acids is 1. The number of amides is 1. The Labute approximate surface area is 205 Å². The predicted molar refractivity (Wildman–Crippen MR) is 121 cm³/mol. The van der Waals surface area contributed by atoms with Crippen molar-refractivity contribution in [3.8, 4) is 17.2 Å². The number of alkyl halides is 3. The summed E-state index contributed by atoms with van der Waals surface area (Å²) in [5, 5.41) is 12.4. The van der Waals surface area contributed by atoms with Gasteiger partial charge in [0.25, 0.3) is 5.91 Å². The van der Waals surface area contributed by atoms with Crippen molar-refractivity contribution in [3.63, 3.8) is 0 Å². The lowest BCUT2D eigenvalue weighted by Gasteiger charge is -2.36. The standard InChI is InChI=1S/C25H27F4NO6/c1-15-7-10-24(11-8-15,23(32)33)30-22(31)17-4-6-20(34-2)21(13-17)35-12-9-16-3-5-18(14-19(16)26)36-25(27,28)29/h3-6,13-15H,7-12H2,1-2H3,(H,30,31)(H,32,33). The molecule has 1 fully saturated rings. The van der Waals surface area contributed by atoms with Crippen molar-refractivity contribution < 1.29 is 46.5 Å². The third-order valence-corrected chi connectivity index (χ3v) is 6.20. The number of halogens is 4.